The predicted molar refractivity (Wildman–Crippen MR) is 109 cm³/mol. The molecule has 1 aromatic heterocycles. The average molecular weight is 396 g/mol. The summed E-state index contributed by atoms with van der Waals surface area (Å²) in [5, 5.41) is 5.90. The van der Waals surface area contributed by atoms with Gasteiger partial charge in [-0.15, -0.1) is 0 Å². The minimum Gasteiger partial charge on any atom is -0.495 e. The third-order valence-electron chi connectivity index (χ3n) is 3.95. The Balaban J connectivity index is 1.74. The van der Waals surface area contributed by atoms with Crippen molar-refractivity contribution in [1.29, 1.82) is 0 Å². The van der Waals surface area contributed by atoms with Gasteiger partial charge in [-0.3, -0.25) is 14.6 Å². The Morgan fingerprint density at radius 1 is 0.929 bits per heavy atom. The molecule has 142 valence electrons. The maximum absolute atomic E-state index is 12.5. The van der Waals surface area contributed by atoms with E-state index in [2.05, 4.69) is 15.6 Å². The van der Waals surface area contributed by atoms with Gasteiger partial charge in [0, 0.05) is 23.8 Å². The monoisotopic (exact) mass is 395 g/mol. The van der Waals surface area contributed by atoms with Crippen molar-refractivity contribution in [2.75, 3.05) is 17.7 Å². The highest BCUT2D eigenvalue weighted by molar-refractivity contribution is 6.32. The number of rotatable bonds is 5. The van der Waals surface area contributed by atoms with Gasteiger partial charge in [0.2, 0.25) is 0 Å². The van der Waals surface area contributed by atoms with E-state index in [0.29, 0.717) is 22.1 Å². The molecule has 3 rings (SSSR count). The smallest absolute Gasteiger partial charge is 0.257 e. The summed E-state index contributed by atoms with van der Waals surface area (Å²) in [6.07, 6.45) is 2.80. The summed E-state index contributed by atoms with van der Waals surface area (Å²) in [4.78, 5) is 29.0. The van der Waals surface area contributed by atoms with Crippen molar-refractivity contribution in [2.24, 2.45) is 0 Å². The first-order valence-corrected chi connectivity index (χ1v) is 8.82. The summed E-state index contributed by atoms with van der Waals surface area (Å²) in [5.41, 5.74) is 2.74. The molecule has 0 unspecified atom stereocenters. The number of nitrogens with zero attached hydrogens (tertiary/aromatic N) is 1. The number of halogens is 1. The fraction of sp³-hybridized carbons (Fsp3) is 0.0952. The zero-order chi connectivity index (χ0) is 20.1. The Kier molecular flexibility index (Phi) is 5.91. The second kappa shape index (κ2) is 8.54. The second-order valence-electron chi connectivity index (χ2n) is 6.09. The van der Waals surface area contributed by atoms with E-state index in [4.69, 9.17) is 16.3 Å². The normalized spacial score (nSPS) is 10.2. The van der Waals surface area contributed by atoms with Crippen molar-refractivity contribution in [3.63, 3.8) is 0 Å². The third kappa shape index (κ3) is 4.66. The summed E-state index contributed by atoms with van der Waals surface area (Å²) < 4.78 is 5.09. The molecule has 1 heterocycles. The Bertz CT molecular complexity index is 1040. The Labute approximate surface area is 167 Å². The molecular formula is C21H18ClN3O3. The topological polar surface area (TPSA) is 80.3 Å². The lowest BCUT2D eigenvalue weighted by molar-refractivity contribution is 0.102. The number of nitrogens with one attached hydrogen (secondary N) is 2. The van der Waals surface area contributed by atoms with Crippen molar-refractivity contribution in [3.8, 4) is 5.75 Å². The third-order valence-corrected chi connectivity index (χ3v) is 4.24. The number of ether oxygens (including phenoxy) is 1. The van der Waals surface area contributed by atoms with E-state index < -0.39 is 5.91 Å². The fourth-order valence-electron chi connectivity index (χ4n) is 2.56. The Hall–Kier alpha value is -3.38. The summed E-state index contributed by atoms with van der Waals surface area (Å²) in [6, 6.07) is 13.8. The maximum Gasteiger partial charge on any atom is 0.257 e. The van der Waals surface area contributed by atoms with Gasteiger partial charge < -0.3 is 15.4 Å². The number of methoxy groups -OCH3 is 1. The number of carbonyl (C=O) groups is 2. The zero-order valence-corrected chi connectivity index (χ0v) is 16.1. The second-order valence-corrected chi connectivity index (χ2v) is 6.50. The van der Waals surface area contributed by atoms with Crippen LogP contribution >= 0.6 is 11.6 Å². The number of carbonyl (C=O) groups excluding carboxylic acids is 2. The number of aryl methyl sites for hydroxylation is 1. The number of aromatic nitrogens is 1. The molecule has 2 N–H and O–H groups in total. The first-order valence-electron chi connectivity index (χ1n) is 8.44. The van der Waals surface area contributed by atoms with Crippen LogP contribution in [0, 0.1) is 6.92 Å². The molecule has 3 aromatic rings. The van der Waals surface area contributed by atoms with Crippen molar-refractivity contribution in [3.05, 3.63) is 82.6 Å². The molecule has 0 spiro atoms. The molecule has 0 radical (unpaired) electrons. The molecule has 0 atom stereocenters. The van der Waals surface area contributed by atoms with E-state index >= 15 is 0 Å². The van der Waals surface area contributed by atoms with E-state index in [0.717, 1.165) is 5.56 Å². The quantitative estimate of drug-likeness (QED) is 0.663. The molecule has 0 aliphatic rings. The van der Waals surface area contributed by atoms with Crippen LogP contribution in [0.25, 0.3) is 0 Å². The van der Waals surface area contributed by atoms with Gasteiger partial charge in [-0.1, -0.05) is 23.7 Å². The van der Waals surface area contributed by atoms with E-state index in [-0.39, 0.29) is 17.0 Å². The SMILES string of the molecule is COc1ccc(NC(=O)c2cncc(C(=O)Nc3cccc(C)c3)c2)cc1Cl. The van der Waals surface area contributed by atoms with E-state index in [1.54, 1.807) is 24.3 Å². The number of benzene rings is 2. The van der Waals surface area contributed by atoms with Crippen LogP contribution in [-0.4, -0.2) is 23.9 Å². The van der Waals surface area contributed by atoms with Gasteiger partial charge >= 0.3 is 0 Å². The molecule has 6 nitrogen and oxygen atoms in total. The summed E-state index contributed by atoms with van der Waals surface area (Å²) >= 11 is 6.07. The molecule has 0 aliphatic carbocycles. The van der Waals surface area contributed by atoms with Gasteiger partial charge in [-0.25, -0.2) is 0 Å². The van der Waals surface area contributed by atoms with Crippen LogP contribution in [0.5, 0.6) is 5.75 Å². The lowest BCUT2D eigenvalue weighted by atomic mass is 10.1. The van der Waals surface area contributed by atoms with E-state index in [1.807, 2.05) is 25.1 Å². The number of hydrogen-bond donors (Lipinski definition) is 2. The first kappa shape index (κ1) is 19.4. The maximum atomic E-state index is 12.5. The highest BCUT2D eigenvalue weighted by atomic mass is 35.5. The molecule has 0 bridgehead atoms. The van der Waals surface area contributed by atoms with Crippen LogP contribution in [0.1, 0.15) is 26.3 Å². The summed E-state index contributed by atoms with van der Waals surface area (Å²) in [5.74, 6) is -0.240. The number of hydrogen-bond acceptors (Lipinski definition) is 4. The van der Waals surface area contributed by atoms with Crippen molar-refractivity contribution in [2.45, 2.75) is 6.92 Å². The highest BCUT2D eigenvalue weighted by Crippen LogP contribution is 2.27. The molecular weight excluding hydrogens is 378 g/mol. The van der Waals surface area contributed by atoms with Crippen LogP contribution in [0.4, 0.5) is 11.4 Å². The average Bonchev–Trinajstić information content (AvgIpc) is 2.68. The predicted octanol–water partition coefficient (Wildman–Crippen LogP) is 4.56. The molecule has 0 saturated heterocycles. The summed E-state index contributed by atoms with van der Waals surface area (Å²) in [6.45, 7) is 1.94. The Morgan fingerprint density at radius 2 is 1.57 bits per heavy atom. The van der Waals surface area contributed by atoms with Crippen LogP contribution in [-0.2, 0) is 0 Å². The number of anilines is 2. The lowest BCUT2D eigenvalue weighted by Gasteiger charge is -2.09. The van der Waals surface area contributed by atoms with Gasteiger partial charge in [0.05, 0.1) is 23.3 Å². The van der Waals surface area contributed by atoms with Crippen molar-refractivity contribution < 1.29 is 14.3 Å². The molecule has 28 heavy (non-hydrogen) atoms. The standard InChI is InChI=1S/C21H18ClN3O3/c1-13-4-3-5-16(8-13)24-20(26)14-9-15(12-23-11-14)21(27)25-17-6-7-19(28-2)18(22)10-17/h3-12H,1-2H3,(H,24,26)(H,25,27). The van der Waals surface area contributed by atoms with Gasteiger partial charge in [-0.05, 0) is 48.9 Å². The molecule has 0 aliphatic heterocycles. The largest absolute Gasteiger partial charge is 0.495 e. The molecule has 0 saturated carbocycles. The van der Waals surface area contributed by atoms with E-state index in [1.165, 1.54) is 25.6 Å². The van der Waals surface area contributed by atoms with Gasteiger partial charge in [0.1, 0.15) is 5.75 Å². The van der Waals surface area contributed by atoms with Crippen LogP contribution in [0.2, 0.25) is 5.02 Å². The van der Waals surface area contributed by atoms with Crippen LogP contribution < -0.4 is 15.4 Å². The molecule has 2 amide bonds. The molecule has 2 aromatic carbocycles. The fourth-order valence-corrected chi connectivity index (χ4v) is 2.82. The number of pyridine rings is 1. The molecule has 7 heteroatoms. The van der Waals surface area contributed by atoms with Gasteiger partial charge in [0.25, 0.3) is 11.8 Å². The zero-order valence-electron chi connectivity index (χ0n) is 15.3. The van der Waals surface area contributed by atoms with Crippen molar-refractivity contribution in [1.82, 2.24) is 4.98 Å². The minimum absolute atomic E-state index is 0.254. The van der Waals surface area contributed by atoms with Crippen LogP contribution in [0.15, 0.2) is 60.9 Å². The highest BCUT2D eigenvalue weighted by Gasteiger charge is 2.13. The number of amides is 2. The molecule has 0 fully saturated rings. The van der Waals surface area contributed by atoms with E-state index in [9.17, 15) is 9.59 Å². The van der Waals surface area contributed by atoms with Crippen molar-refractivity contribution >= 4 is 34.8 Å². The van der Waals surface area contributed by atoms with Gasteiger partial charge in [0.15, 0.2) is 0 Å². The van der Waals surface area contributed by atoms with Gasteiger partial charge in [-0.2, -0.15) is 0 Å². The van der Waals surface area contributed by atoms with Crippen LogP contribution in [0.3, 0.4) is 0 Å². The first-order chi connectivity index (χ1) is 13.5. The lowest BCUT2D eigenvalue weighted by Crippen LogP contribution is -2.16. The Morgan fingerprint density at radius 3 is 2.14 bits per heavy atom. The minimum atomic E-state index is -0.404. The summed E-state index contributed by atoms with van der Waals surface area (Å²) in [7, 11) is 1.51.